The Kier molecular flexibility index (Phi) is 6.23. The Bertz CT molecular complexity index is 556. The fraction of sp³-hybridized carbons (Fsp3) is 0.762. The molecule has 1 N–H and O–H groups in total. The van der Waals surface area contributed by atoms with Crippen molar-refractivity contribution in [3.8, 4) is 11.6 Å². The van der Waals surface area contributed by atoms with E-state index in [1.54, 1.807) is 20.4 Å². The van der Waals surface area contributed by atoms with E-state index in [1.807, 2.05) is 6.07 Å². The second kappa shape index (κ2) is 7.84. The Morgan fingerprint density at radius 3 is 2.20 bits per heavy atom. The van der Waals surface area contributed by atoms with Gasteiger partial charge in [0, 0.05) is 12.2 Å². The van der Waals surface area contributed by atoms with E-state index in [0.29, 0.717) is 28.5 Å². The molecule has 0 aromatic carbocycles. The van der Waals surface area contributed by atoms with Crippen molar-refractivity contribution in [1.82, 2.24) is 4.98 Å². The van der Waals surface area contributed by atoms with Crippen molar-refractivity contribution < 1.29 is 9.47 Å². The lowest BCUT2D eigenvalue weighted by Crippen LogP contribution is -2.35. The third kappa shape index (κ3) is 5.26. The highest BCUT2D eigenvalue weighted by Gasteiger charge is 2.36. The molecule has 0 spiro atoms. The molecule has 0 saturated heterocycles. The molecule has 142 valence electrons. The largest absolute Gasteiger partial charge is 0.490 e. The molecule has 1 fully saturated rings. The first-order valence-electron chi connectivity index (χ1n) is 9.50. The molecular formula is C21H36N2O2. The topological polar surface area (TPSA) is 43.4 Å². The lowest BCUT2D eigenvalue weighted by atomic mass is 9.64. The van der Waals surface area contributed by atoms with Crippen LogP contribution in [-0.2, 0) is 0 Å². The minimum Gasteiger partial charge on any atom is -0.490 e. The highest BCUT2D eigenvalue weighted by molar-refractivity contribution is 5.60. The van der Waals surface area contributed by atoms with Crippen LogP contribution in [0.25, 0.3) is 0 Å². The van der Waals surface area contributed by atoms with Crippen LogP contribution in [0, 0.1) is 16.7 Å². The second-order valence-corrected chi connectivity index (χ2v) is 9.32. The summed E-state index contributed by atoms with van der Waals surface area (Å²) in [6, 6.07) is 2.46. The molecule has 1 aliphatic rings. The zero-order valence-corrected chi connectivity index (χ0v) is 17.1. The van der Waals surface area contributed by atoms with Crippen molar-refractivity contribution in [2.45, 2.75) is 72.8 Å². The van der Waals surface area contributed by atoms with E-state index in [0.717, 1.165) is 11.6 Å². The van der Waals surface area contributed by atoms with Crippen LogP contribution in [-0.4, -0.2) is 25.2 Å². The van der Waals surface area contributed by atoms with Crippen LogP contribution in [0.15, 0.2) is 12.3 Å². The number of anilines is 1. The summed E-state index contributed by atoms with van der Waals surface area (Å²) in [4.78, 5) is 4.21. The van der Waals surface area contributed by atoms with E-state index in [2.05, 4.69) is 44.9 Å². The number of pyridine rings is 1. The first kappa shape index (κ1) is 19.9. The fourth-order valence-corrected chi connectivity index (χ4v) is 4.64. The van der Waals surface area contributed by atoms with Crippen molar-refractivity contribution in [2.75, 3.05) is 19.5 Å². The van der Waals surface area contributed by atoms with Crippen molar-refractivity contribution in [2.24, 2.45) is 16.7 Å². The van der Waals surface area contributed by atoms with Crippen molar-refractivity contribution in [3.05, 3.63) is 12.3 Å². The van der Waals surface area contributed by atoms with Gasteiger partial charge in [-0.15, -0.1) is 0 Å². The van der Waals surface area contributed by atoms with E-state index in [9.17, 15) is 0 Å². The van der Waals surface area contributed by atoms with E-state index in [1.165, 1.54) is 32.1 Å². The molecule has 1 aromatic rings. The molecule has 0 unspecified atom stereocenters. The lowest BCUT2D eigenvalue weighted by Gasteiger charge is -2.43. The van der Waals surface area contributed by atoms with Gasteiger partial charge in [-0.3, -0.25) is 0 Å². The minimum atomic E-state index is 0.388. The van der Waals surface area contributed by atoms with Gasteiger partial charge >= 0.3 is 0 Å². The van der Waals surface area contributed by atoms with Crippen molar-refractivity contribution in [1.29, 1.82) is 0 Å². The average molecular weight is 349 g/mol. The van der Waals surface area contributed by atoms with Gasteiger partial charge in [0.05, 0.1) is 19.9 Å². The van der Waals surface area contributed by atoms with Gasteiger partial charge in [0.2, 0.25) is 5.75 Å². The Hall–Kier alpha value is -1.45. The molecule has 1 saturated carbocycles. The number of hydrogen-bond acceptors (Lipinski definition) is 4. The molecule has 1 heterocycles. The number of aromatic nitrogens is 1. The Labute approximate surface area is 153 Å². The summed E-state index contributed by atoms with van der Waals surface area (Å²) in [5, 5.41) is 3.65. The van der Waals surface area contributed by atoms with Gasteiger partial charge < -0.3 is 14.8 Å². The van der Waals surface area contributed by atoms with Crippen LogP contribution >= 0.6 is 0 Å². The van der Waals surface area contributed by atoms with Crippen LogP contribution in [0.3, 0.4) is 0 Å². The van der Waals surface area contributed by atoms with E-state index in [-0.39, 0.29) is 0 Å². The van der Waals surface area contributed by atoms with Crippen LogP contribution in [0.1, 0.15) is 66.7 Å². The second-order valence-electron chi connectivity index (χ2n) is 9.32. The molecule has 25 heavy (non-hydrogen) atoms. The molecule has 1 aromatic heterocycles. The number of nitrogens with zero attached hydrogens (tertiary/aromatic N) is 1. The summed E-state index contributed by atoms with van der Waals surface area (Å²) in [5.74, 6) is 2.03. The SMILES string of the molecule is COc1nccc(N[C@H]2CC[C@@H](C(C)(C)CC(C)(C)C)CC2)c1OC. The minimum absolute atomic E-state index is 0.388. The van der Waals surface area contributed by atoms with Crippen LogP contribution in [0.2, 0.25) is 0 Å². The van der Waals surface area contributed by atoms with Gasteiger partial charge in [-0.1, -0.05) is 34.6 Å². The summed E-state index contributed by atoms with van der Waals surface area (Å²) in [5.41, 5.74) is 1.77. The summed E-state index contributed by atoms with van der Waals surface area (Å²) in [6.07, 6.45) is 8.01. The highest BCUT2D eigenvalue weighted by Crippen LogP contribution is 2.45. The fourth-order valence-electron chi connectivity index (χ4n) is 4.64. The molecule has 2 rings (SSSR count). The zero-order chi connectivity index (χ0) is 18.7. The average Bonchev–Trinajstić information content (AvgIpc) is 2.53. The van der Waals surface area contributed by atoms with Gasteiger partial charge in [-0.25, -0.2) is 4.98 Å². The van der Waals surface area contributed by atoms with E-state index in [4.69, 9.17) is 9.47 Å². The third-order valence-electron chi connectivity index (χ3n) is 5.45. The number of methoxy groups -OCH3 is 2. The molecule has 0 radical (unpaired) electrons. The third-order valence-corrected chi connectivity index (χ3v) is 5.45. The molecule has 4 nitrogen and oxygen atoms in total. The summed E-state index contributed by atoms with van der Waals surface area (Å²) in [6.45, 7) is 12.0. The molecule has 0 atom stereocenters. The zero-order valence-electron chi connectivity index (χ0n) is 17.1. The van der Waals surface area contributed by atoms with Gasteiger partial charge in [0.15, 0.2) is 0 Å². The molecule has 4 heteroatoms. The van der Waals surface area contributed by atoms with Crippen molar-refractivity contribution in [3.63, 3.8) is 0 Å². The Morgan fingerprint density at radius 2 is 1.68 bits per heavy atom. The van der Waals surface area contributed by atoms with E-state index >= 15 is 0 Å². The van der Waals surface area contributed by atoms with Gasteiger partial charge in [-0.05, 0) is 54.9 Å². The number of hydrogen-bond donors (Lipinski definition) is 1. The maximum absolute atomic E-state index is 5.49. The molecule has 0 aliphatic heterocycles. The van der Waals surface area contributed by atoms with E-state index < -0.39 is 0 Å². The maximum Gasteiger partial charge on any atom is 0.258 e. The smallest absolute Gasteiger partial charge is 0.258 e. The summed E-state index contributed by atoms with van der Waals surface area (Å²) < 4.78 is 10.8. The first-order valence-corrected chi connectivity index (χ1v) is 9.50. The maximum atomic E-state index is 5.49. The summed E-state index contributed by atoms with van der Waals surface area (Å²) in [7, 11) is 3.29. The predicted octanol–water partition coefficient (Wildman–Crippen LogP) is 5.53. The Morgan fingerprint density at radius 1 is 1.04 bits per heavy atom. The normalized spacial score (nSPS) is 21.7. The standard InChI is InChI=1S/C21H36N2O2/c1-20(2,3)14-21(4,5)15-8-10-16(11-9-15)23-17-12-13-22-19(25-7)18(17)24-6/h12-13,15-16H,8-11,14H2,1-7H3,(H,22,23)/t15-,16+. The Balaban J connectivity index is 1.97. The van der Waals surface area contributed by atoms with Gasteiger partial charge in [0.1, 0.15) is 0 Å². The molecule has 1 aliphatic carbocycles. The lowest BCUT2D eigenvalue weighted by molar-refractivity contribution is 0.0968. The van der Waals surface area contributed by atoms with Gasteiger partial charge in [0.25, 0.3) is 5.88 Å². The highest BCUT2D eigenvalue weighted by atomic mass is 16.5. The number of rotatable bonds is 6. The first-order chi connectivity index (χ1) is 11.7. The summed E-state index contributed by atoms with van der Waals surface area (Å²) >= 11 is 0. The number of nitrogens with one attached hydrogen (secondary N) is 1. The molecule has 0 bridgehead atoms. The van der Waals surface area contributed by atoms with Gasteiger partial charge in [-0.2, -0.15) is 0 Å². The monoisotopic (exact) mass is 348 g/mol. The van der Waals surface area contributed by atoms with Crippen LogP contribution in [0.5, 0.6) is 11.6 Å². The van der Waals surface area contributed by atoms with Crippen LogP contribution < -0.4 is 14.8 Å². The van der Waals surface area contributed by atoms with Crippen LogP contribution in [0.4, 0.5) is 5.69 Å². The van der Waals surface area contributed by atoms with Crippen molar-refractivity contribution >= 4 is 5.69 Å². The molecule has 0 amide bonds. The number of ether oxygens (including phenoxy) is 2. The molecular weight excluding hydrogens is 312 g/mol. The predicted molar refractivity (Wildman–Crippen MR) is 105 cm³/mol. The quantitative estimate of drug-likeness (QED) is 0.734.